The summed E-state index contributed by atoms with van der Waals surface area (Å²) in [6.07, 6.45) is 0.894. The van der Waals surface area contributed by atoms with Crippen LogP contribution < -0.4 is 0 Å². The van der Waals surface area contributed by atoms with Gasteiger partial charge in [0, 0.05) is 17.2 Å². The molecule has 6 nitrogen and oxygen atoms in total. The van der Waals surface area contributed by atoms with Crippen molar-refractivity contribution < 1.29 is 28.7 Å². The lowest BCUT2D eigenvalue weighted by Gasteiger charge is -2.21. The summed E-state index contributed by atoms with van der Waals surface area (Å²) in [5, 5.41) is -0.298. The van der Waals surface area contributed by atoms with Gasteiger partial charge in [0.1, 0.15) is 0 Å². The van der Waals surface area contributed by atoms with Crippen LogP contribution in [0.15, 0.2) is 35.7 Å². The Kier molecular flexibility index (Phi) is 8.45. The molecule has 7 heteroatoms. The second kappa shape index (κ2) is 10.7. The Bertz CT molecular complexity index is 1060. The Morgan fingerprint density at radius 1 is 0.667 bits per heavy atom. The Morgan fingerprint density at radius 3 is 1.33 bits per heavy atom. The van der Waals surface area contributed by atoms with Gasteiger partial charge < -0.3 is 9.47 Å². The normalized spacial score (nSPS) is 11.4. The van der Waals surface area contributed by atoms with Crippen molar-refractivity contribution in [3.8, 4) is 0 Å². The first kappa shape index (κ1) is 26.1. The Hall–Kier alpha value is -3.11. The summed E-state index contributed by atoms with van der Waals surface area (Å²) < 4.78 is 9.55. The molecule has 0 fully saturated rings. The first-order chi connectivity index (χ1) is 15.4. The first-order valence-corrected chi connectivity index (χ1v) is 11.7. The van der Waals surface area contributed by atoms with Crippen molar-refractivity contribution in [1.82, 2.24) is 0 Å². The van der Waals surface area contributed by atoms with Crippen LogP contribution in [0.2, 0.25) is 0 Å². The van der Waals surface area contributed by atoms with E-state index in [1.807, 2.05) is 38.1 Å². The van der Waals surface area contributed by atoms with E-state index in [1.54, 1.807) is 27.7 Å². The van der Waals surface area contributed by atoms with Gasteiger partial charge in [0.15, 0.2) is 11.0 Å². The molecule has 33 heavy (non-hydrogen) atoms. The van der Waals surface area contributed by atoms with Gasteiger partial charge in [-0.05, 0) is 63.8 Å². The molecule has 174 valence electrons. The maximum atomic E-state index is 13.9. The quantitative estimate of drug-likeness (QED) is 0.314. The molecular weight excluding hydrogens is 439 g/mol. The average molecular weight is 468 g/mol. The number of rotatable bonds is 7. The third kappa shape index (κ3) is 5.63. The van der Waals surface area contributed by atoms with E-state index in [0.717, 1.165) is 31.4 Å². The van der Waals surface area contributed by atoms with Crippen LogP contribution in [0, 0.1) is 41.5 Å². The lowest BCUT2D eigenvalue weighted by molar-refractivity contribution is -0.137. The number of ether oxygens (including phenoxy) is 2. The largest absolute Gasteiger partial charge is 0.466 e. The third-order valence-electron chi connectivity index (χ3n) is 5.28. The van der Waals surface area contributed by atoms with Crippen molar-refractivity contribution in [3.05, 3.63) is 80.2 Å². The van der Waals surface area contributed by atoms with E-state index in [9.17, 15) is 19.2 Å². The maximum absolute atomic E-state index is 13.9. The standard InChI is InChI=1S/C26H29O6P/c1-14-9-16(3)22(17(4)10-14)25(29)33(20(24(28)32-8)13-21(27)31-7)26(30)23-18(5)11-15(2)12-19(23)6/h9-13H,1-8H3/b20-13+. The minimum absolute atomic E-state index is 0.298. The molecule has 0 amide bonds. The van der Waals surface area contributed by atoms with Crippen molar-refractivity contribution in [2.24, 2.45) is 0 Å². The number of carbonyl (C=O) groups is 4. The Labute approximate surface area is 195 Å². The molecule has 0 saturated heterocycles. The average Bonchev–Trinajstić information content (AvgIpc) is 2.70. The molecule has 2 rings (SSSR count). The number of esters is 2. The van der Waals surface area contributed by atoms with E-state index in [2.05, 4.69) is 4.74 Å². The fourth-order valence-corrected chi connectivity index (χ4v) is 6.34. The number of aryl methyl sites for hydroxylation is 6. The van der Waals surface area contributed by atoms with E-state index in [4.69, 9.17) is 4.74 Å². The zero-order valence-electron chi connectivity index (χ0n) is 20.3. The van der Waals surface area contributed by atoms with Gasteiger partial charge in [-0.1, -0.05) is 35.4 Å². The Balaban J connectivity index is 2.86. The van der Waals surface area contributed by atoms with E-state index in [1.165, 1.54) is 0 Å². The summed E-state index contributed by atoms with van der Waals surface area (Å²) in [5.41, 5.74) is 4.42. The summed E-state index contributed by atoms with van der Waals surface area (Å²) in [6, 6.07) is 7.40. The highest BCUT2D eigenvalue weighted by Gasteiger charge is 2.39. The van der Waals surface area contributed by atoms with Crippen molar-refractivity contribution in [3.63, 3.8) is 0 Å². The third-order valence-corrected chi connectivity index (χ3v) is 7.33. The van der Waals surface area contributed by atoms with Crippen molar-refractivity contribution >= 4 is 30.9 Å². The molecule has 2 aromatic carbocycles. The maximum Gasteiger partial charge on any atom is 0.339 e. The number of hydrogen-bond acceptors (Lipinski definition) is 6. The molecule has 0 aliphatic carbocycles. The fraction of sp³-hybridized carbons (Fsp3) is 0.308. The predicted octanol–water partition coefficient (Wildman–Crippen LogP) is 5.23. The molecule has 0 atom stereocenters. The van der Waals surface area contributed by atoms with Gasteiger partial charge >= 0.3 is 11.9 Å². The van der Waals surface area contributed by atoms with Crippen LogP contribution in [0.5, 0.6) is 0 Å². The van der Waals surface area contributed by atoms with Gasteiger partial charge in [-0.2, -0.15) is 0 Å². The minimum atomic E-state index is -2.46. The first-order valence-electron chi connectivity index (χ1n) is 10.3. The zero-order valence-corrected chi connectivity index (χ0v) is 21.2. The number of methoxy groups -OCH3 is 2. The number of benzene rings is 2. The smallest absolute Gasteiger partial charge is 0.339 e. The second-order valence-electron chi connectivity index (χ2n) is 8.04. The molecule has 0 spiro atoms. The van der Waals surface area contributed by atoms with Crippen LogP contribution in [0.4, 0.5) is 0 Å². The zero-order chi connectivity index (χ0) is 25.0. The second-order valence-corrected chi connectivity index (χ2v) is 10.0. The van der Waals surface area contributed by atoms with Crippen LogP contribution in [0.25, 0.3) is 0 Å². The van der Waals surface area contributed by atoms with Crippen LogP contribution in [0.1, 0.15) is 54.1 Å². The van der Waals surface area contributed by atoms with Gasteiger partial charge in [-0.3, -0.25) is 9.59 Å². The lowest BCUT2D eigenvalue weighted by Crippen LogP contribution is -2.18. The van der Waals surface area contributed by atoms with Gasteiger partial charge in [-0.25, -0.2) is 9.59 Å². The molecule has 0 aromatic heterocycles. The van der Waals surface area contributed by atoms with Crippen LogP contribution in [-0.4, -0.2) is 37.2 Å². The van der Waals surface area contributed by atoms with E-state index in [-0.39, 0.29) is 5.31 Å². The lowest BCUT2D eigenvalue weighted by atomic mass is 10.0. The highest BCUT2D eigenvalue weighted by Crippen LogP contribution is 2.52. The van der Waals surface area contributed by atoms with Crippen LogP contribution in [0.3, 0.4) is 0 Å². The number of carbonyl (C=O) groups excluding carboxylic acids is 4. The molecule has 0 unspecified atom stereocenters. The molecule has 0 aliphatic rings. The van der Waals surface area contributed by atoms with Gasteiger partial charge in [0.25, 0.3) is 0 Å². The van der Waals surface area contributed by atoms with Crippen LogP contribution >= 0.6 is 7.92 Å². The van der Waals surface area contributed by atoms with Crippen LogP contribution in [-0.2, 0) is 19.1 Å². The molecule has 0 heterocycles. The molecule has 0 saturated carbocycles. The highest BCUT2D eigenvalue weighted by molar-refractivity contribution is 7.94. The van der Waals surface area contributed by atoms with E-state index >= 15 is 0 Å². The van der Waals surface area contributed by atoms with E-state index in [0.29, 0.717) is 33.4 Å². The summed E-state index contributed by atoms with van der Waals surface area (Å²) in [6.45, 7) is 11.0. The van der Waals surface area contributed by atoms with Crippen molar-refractivity contribution in [2.75, 3.05) is 14.2 Å². The fourth-order valence-electron chi connectivity index (χ4n) is 4.06. The Morgan fingerprint density at radius 2 is 1.03 bits per heavy atom. The minimum Gasteiger partial charge on any atom is -0.466 e. The summed E-state index contributed by atoms with van der Waals surface area (Å²) in [5.74, 6) is -1.77. The van der Waals surface area contributed by atoms with Gasteiger partial charge in [-0.15, -0.1) is 0 Å². The molecule has 0 bridgehead atoms. The topological polar surface area (TPSA) is 86.7 Å². The van der Waals surface area contributed by atoms with E-state index < -0.39 is 30.9 Å². The highest BCUT2D eigenvalue weighted by atomic mass is 31.1. The SMILES string of the molecule is COC(=O)/C=C(\C(=O)OC)P(C(=O)c1c(C)cc(C)cc1C)C(=O)c1c(C)cc(C)cc1C. The molecule has 0 aliphatic heterocycles. The van der Waals surface area contributed by atoms with Crippen molar-refractivity contribution in [2.45, 2.75) is 41.5 Å². The van der Waals surface area contributed by atoms with Crippen molar-refractivity contribution in [1.29, 1.82) is 0 Å². The number of hydrogen-bond donors (Lipinski definition) is 0. The molecule has 0 N–H and O–H groups in total. The molecule has 0 radical (unpaired) electrons. The summed E-state index contributed by atoms with van der Waals surface area (Å²) >= 11 is 0. The molecule has 2 aromatic rings. The predicted molar refractivity (Wildman–Crippen MR) is 129 cm³/mol. The summed E-state index contributed by atoms with van der Waals surface area (Å²) in [4.78, 5) is 52.7. The monoisotopic (exact) mass is 468 g/mol. The van der Waals surface area contributed by atoms with Gasteiger partial charge in [0.05, 0.1) is 27.5 Å². The molecular formula is C26H29O6P. The summed E-state index contributed by atoms with van der Waals surface area (Å²) in [7, 11) is -0.164. The van der Waals surface area contributed by atoms with Gasteiger partial charge in [0.2, 0.25) is 0 Å².